The number of halogens is 1. The van der Waals surface area contributed by atoms with Gasteiger partial charge in [0.25, 0.3) is 5.91 Å². The van der Waals surface area contributed by atoms with Crippen LogP contribution < -0.4 is 5.32 Å². The number of nitrogens with one attached hydrogen (secondary N) is 1. The third kappa shape index (κ3) is 3.60. The van der Waals surface area contributed by atoms with E-state index in [4.69, 9.17) is 0 Å². The first-order chi connectivity index (χ1) is 10.0. The molecule has 1 N–H and O–H groups in total. The lowest BCUT2D eigenvalue weighted by Gasteiger charge is -2.19. The number of anilines is 1. The molecule has 2 aromatic carbocycles. The van der Waals surface area contributed by atoms with E-state index in [-0.39, 0.29) is 11.7 Å². The molecule has 0 saturated heterocycles. The second-order valence-corrected chi connectivity index (χ2v) is 5.09. The van der Waals surface area contributed by atoms with Gasteiger partial charge in [-0.1, -0.05) is 23.8 Å². The smallest absolute Gasteiger partial charge is 0.256 e. The SMILES string of the molecule is CNc1ccc(C)cc1C(=O)N(C)Cc1ccc(F)cc1. The fourth-order valence-corrected chi connectivity index (χ4v) is 2.19. The summed E-state index contributed by atoms with van der Waals surface area (Å²) in [4.78, 5) is 14.2. The fourth-order valence-electron chi connectivity index (χ4n) is 2.19. The Kier molecular flexibility index (Phi) is 4.58. The van der Waals surface area contributed by atoms with Gasteiger partial charge in [0.1, 0.15) is 5.82 Å². The Balaban J connectivity index is 2.19. The molecule has 0 saturated carbocycles. The van der Waals surface area contributed by atoms with Gasteiger partial charge in [-0.2, -0.15) is 0 Å². The van der Waals surface area contributed by atoms with Gasteiger partial charge in [-0.3, -0.25) is 4.79 Å². The highest BCUT2D eigenvalue weighted by Crippen LogP contribution is 2.19. The molecule has 0 atom stereocenters. The van der Waals surface area contributed by atoms with Crippen LogP contribution in [-0.2, 0) is 6.54 Å². The summed E-state index contributed by atoms with van der Waals surface area (Å²) < 4.78 is 12.9. The number of nitrogens with zero attached hydrogens (tertiary/aromatic N) is 1. The zero-order chi connectivity index (χ0) is 15.4. The maximum atomic E-state index is 12.9. The highest BCUT2D eigenvalue weighted by molar-refractivity contribution is 5.99. The van der Waals surface area contributed by atoms with Gasteiger partial charge < -0.3 is 10.2 Å². The predicted octanol–water partition coefficient (Wildman–Crippen LogP) is 3.45. The van der Waals surface area contributed by atoms with Crippen LogP contribution in [0.25, 0.3) is 0 Å². The molecule has 110 valence electrons. The van der Waals surface area contributed by atoms with Gasteiger partial charge in [0.15, 0.2) is 0 Å². The summed E-state index contributed by atoms with van der Waals surface area (Å²) in [5.74, 6) is -0.337. The summed E-state index contributed by atoms with van der Waals surface area (Å²) in [7, 11) is 3.54. The number of carbonyl (C=O) groups is 1. The van der Waals surface area contributed by atoms with Crippen LogP contribution in [0.5, 0.6) is 0 Å². The zero-order valence-electron chi connectivity index (χ0n) is 12.5. The van der Waals surface area contributed by atoms with Crippen molar-refractivity contribution in [2.45, 2.75) is 13.5 Å². The van der Waals surface area contributed by atoms with Crippen molar-refractivity contribution in [1.29, 1.82) is 0 Å². The molecule has 21 heavy (non-hydrogen) atoms. The minimum Gasteiger partial charge on any atom is -0.387 e. The molecule has 0 fully saturated rings. The van der Waals surface area contributed by atoms with E-state index in [0.717, 1.165) is 16.8 Å². The third-order valence-electron chi connectivity index (χ3n) is 3.35. The monoisotopic (exact) mass is 286 g/mol. The topological polar surface area (TPSA) is 32.3 Å². The average molecular weight is 286 g/mol. The molecule has 4 heteroatoms. The van der Waals surface area contributed by atoms with E-state index in [1.807, 2.05) is 25.1 Å². The van der Waals surface area contributed by atoms with E-state index in [0.29, 0.717) is 12.1 Å². The molecule has 0 bridgehead atoms. The Labute approximate surface area is 124 Å². The van der Waals surface area contributed by atoms with E-state index in [1.54, 1.807) is 31.1 Å². The molecule has 0 unspecified atom stereocenters. The lowest BCUT2D eigenvalue weighted by atomic mass is 10.1. The van der Waals surface area contributed by atoms with E-state index in [9.17, 15) is 9.18 Å². The molecule has 0 radical (unpaired) electrons. The molecule has 0 aliphatic heterocycles. The van der Waals surface area contributed by atoms with Crippen molar-refractivity contribution in [1.82, 2.24) is 4.90 Å². The molecule has 0 aliphatic rings. The van der Waals surface area contributed by atoms with Crippen molar-refractivity contribution in [2.24, 2.45) is 0 Å². The van der Waals surface area contributed by atoms with Crippen LogP contribution in [0.15, 0.2) is 42.5 Å². The van der Waals surface area contributed by atoms with Crippen molar-refractivity contribution in [3.63, 3.8) is 0 Å². The first kappa shape index (κ1) is 15.0. The van der Waals surface area contributed by atoms with Crippen molar-refractivity contribution in [3.8, 4) is 0 Å². The molecule has 0 spiro atoms. The van der Waals surface area contributed by atoms with Gasteiger partial charge in [0, 0.05) is 26.3 Å². The summed E-state index contributed by atoms with van der Waals surface area (Å²) >= 11 is 0. The van der Waals surface area contributed by atoms with E-state index in [2.05, 4.69) is 5.32 Å². The maximum Gasteiger partial charge on any atom is 0.256 e. The molecular weight excluding hydrogens is 267 g/mol. The Bertz CT molecular complexity index is 638. The molecule has 1 amide bonds. The standard InChI is InChI=1S/C17H19FN2O/c1-12-4-9-16(19-2)15(10-12)17(21)20(3)11-13-5-7-14(18)8-6-13/h4-10,19H,11H2,1-3H3. The molecule has 2 aromatic rings. The largest absolute Gasteiger partial charge is 0.387 e. The second kappa shape index (κ2) is 6.39. The van der Waals surface area contributed by atoms with Gasteiger partial charge in [0.2, 0.25) is 0 Å². The number of hydrogen-bond donors (Lipinski definition) is 1. The van der Waals surface area contributed by atoms with Gasteiger partial charge in [0.05, 0.1) is 5.56 Å². The highest BCUT2D eigenvalue weighted by Gasteiger charge is 2.16. The summed E-state index contributed by atoms with van der Waals surface area (Å²) in [5, 5.41) is 3.03. The predicted molar refractivity (Wildman–Crippen MR) is 82.9 cm³/mol. The van der Waals surface area contributed by atoms with Crippen molar-refractivity contribution in [2.75, 3.05) is 19.4 Å². The fraction of sp³-hybridized carbons (Fsp3) is 0.235. The third-order valence-corrected chi connectivity index (χ3v) is 3.35. The number of rotatable bonds is 4. The molecule has 0 aliphatic carbocycles. The second-order valence-electron chi connectivity index (χ2n) is 5.09. The van der Waals surface area contributed by atoms with Crippen LogP contribution >= 0.6 is 0 Å². The average Bonchev–Trinajstić information content (AvgIpc) is 2.48. The lowest BCUT2D eigenvalue weighted by molar-refractivity contribution is 0.0786. The number of hydrogen-bond acceptors (Lipinski definition) is 2. The zero-order valence-corrected chi connectivity index (χ0v) is 12.5. The summed E-state index contributed by atoms with van der Waals surface area (Å²) in [6, 6.07) is 11.9. The molecule has 3 nitrogen and oxygen atoms in total. The number of carbonyl (C=O) groups excluding carboxylic acids is 1. The van der Waals surface area contributed by atoms with E-state index < -0.39 is 0 Å². The van der Waals surface area contributed by atoms with Gasteiger partial charge in [-0.05, 0) is 36.8 Å². The number of aryl methyl sites for hydroxylation is 1. The molecule has 0 heterocycles. The molecule has 0 aromatic heterocycles. The van der Waals surface area contributed by atoms with E-state index in [1.165, 1.54) is 12.1 Å². The van der Waals surface area contributed by atoms with Crippen LogP contribution in [0.1, 0.15) is 21.5 Å². The van der Waals surface area contributed by atoms with Crippen LogP contribution in [-0.4, -0.2) is 24.9 Å². The number of amides is 1. The minimum absolute atomic E-state index is 0.0626. The van der Waals surface area contributed by atoms with Gasteiger partial charge >= 0.3 is 0 Å². The van der Waals surface area contributed by atoms with Gasteiger partial charge in [-0.25, -0.2) is 4.39 Å². The maximum absolute atomic E-state index is 12.9. The van der Waals surface area contributed by atoms with Crippen molar-refractivity contribution >= 4 is 11.6 Å². The first-order valence-electron chi connectivity index (χ1n) is 6.79. The molecular formula is C17H19FN2O. The van der Waals surface area contributed by atoms with Crippen molar-refractivity contribution in [3.05, 3.63) is 65.0 Å². The van der Waals surface area contributed by atoms with Crippen LogP contribution in [0.3, 0.4) is 0 Å². The van der Waals surface area contributed by atoms with Gasteiger partial charge in [-0.15, -0.1) is 0 Å². The lowest BCUT2D eigenvalue weighted by Crippen LogP contribution is -2.27. The Morgan fingerprint density at radius 1 is 1.19 bits per heavy atom. The minimum atomic E-state index is -0.274. The quantitative estimate of drug-likeness (QED) is 0.933. The highest BCUT2D eigenvalue weighted by atomic mass is 19.1. The summed E-state index contributed by atoms with van der Waals surface area (Å²) in [5.41, 5.74) is 3.37. The van der Waals surface area contributed by atoms with Crippen molar-refractivity contribution < 1.29 is 9.18 Å². The van der Waals surface area contributed by atoms with E-state index >= 15 is 0 Å². The first-order valence-corrected chi connectivity index (χ1v) is 6.79. The molecule has 2 rings (SSSR count). The summed E-state index contributed by atoms with van der Waals surface area (Å²) in [6.07, 6.45) is 0. The summed E-state index contributed by atoms with van der Waals surface area (Å²) in [6.45, 7) is 2.40. The Morgan fingerprint density at radius 2 is 1.86 bits per heavy atom. The normalized spacial score (nSPS) is 10.3. The van der Waals surface area contributed by atoms with Crippen LogP contribution in [0.2, 0.25) is 0 Å². The van der Waals surface area contributed by atoms with Crippen LogP contribution in [0.4, 0.5) is 10.1 Å². The Morgan fingerprint density at radius 3 is 2.48 bits per heavy atom. The Hall–Kier alpha value is -2.36. The van der Waals surface area contributed by atoms with Crippen LogP contribution in [0, 0.1) is 12.7 Å². The number of benzene rings is 2.